The molecule has 3 aromatic rings. The molecule has 0 radical (unpaired) electrons. The van der Waals surface area contributed by atoms with Gasteiger partial charge in [0, 0.05) is 11.4 Å². The number of ether oxygens (including phenoxy) is 3. The minimum atomic E-state index is 0.625. The molecule has 0 spiro atoms. The Hall–Kier alpha value is -3.14. The molecule has 3 aromatic carbocycles. The van der Waals surface area contributed by atoms with Crippen LogP contribution < -0.4 is 19.5 Å². The maximum Gasteiger partial charge on any atom is 0.203 e. The summed E-state index contributed by atoms with van der Waals surface area (Å²) in [5.41, 5.74) is 4.60. The highest BCUT2D eigenvalue weighted by Crippen LogP contribution is 2.38. The van der Waals surface area contributed by atoms with Crippen molar-refractivity contribution in [3.8, 4) is 17.2 Å². The van der Waals surface area contributed by atoms with Crippen molar-refractivity contribution in [2.75, 3.05) is 26.6 Å². The molecule has 0 aliphatic carbocycles. The Bertz CT molecular complexity index is 836. The maximum atomic E-state index is 5.43. The van der Waals surface area contributed by atoms with Crippen LogP contribution in [0.5, 0.6) is 17.2 Å². The highest BCUT2D eigenvalue weighted by atomic mass is 16.5. The van der Waals surface area contributed by atoms with Gasteiger partial charge in [-0.1, -0.05) is 30.3 Å². The quantitative estimate of drug-likeness (QED) is 0.594. The topological polar surface area (TPSA) is 39.7 Å². The van der Waals surface area contributed by atoms with Crippen molar-refractivity contribution >= 4 is 11.4 Å². The van der Waals surface area contributed by atoms with Gasteiger partial charge in [-0.05, 0) is 60.4 Å². The molecule has 4 nitrogen and oxygen atoms in total. The third kappa shape index (κ3) is 4.73. The summed E-state index contributed by atoms with van der Waals surface area (Å²) in [7, 11) is 4.89. The predicted octanol–water partition coefficient (Wildman–Crippen LogP) is 5.24. The summed E-state index contributed by atoms with van der Waals surface area (Å²) in [6, 6.07) is 22.7. The molecule has 1 N–H and O–H groups in total. The molecular weight excluding hydrogens is 338 g/mol. The van der Waals surface area contributed by atoms with Crippen LogP contribution in [0.4, 0.5) is 11.4 Å². The molecule has 0 saturated heterocycles. The van der Waals surface area contributed by atoms with Crippen LogP contribution in [0.2, 0.25) is 0 Å². The summed E-state index contributed by atoms with van der Waals surface area (Å²) < 4.78 is 16.2. The molecule has 140 valence electrons. The Morgan fingerprint density at radius 3 is 1.74 bits per heavy atom. The number of hydrogen-bond acceptors (Lipinski definition) is 4. The van der Waals surface area contributed by atoms with E-state index < -0.39 is 0 Å². The van der Waals surface area contributed by atoms with E-state index in [1.807, 2.05) is 30.3 Å². The van der Waals surface area contributed by atoms with E-state index in [9.17, 15) is 0 Å². The van der Waals surface area contributed by atoms with E-state index in [0.29, 0.717) is 17.2 Å². The van der Waals surface area contributed by atoms with E-state index in [0.717, 1.165) is 29.8 Å². The van der Waals surface area contributed by atoms with Gasteiger partial charge in [0.05, 0.1) is 21.3 Å². The van der Waals surface area contributed by atoms with E-state index >= 15 is 0 Å². The van der Waals surface area contributed by atoms with Crippen molar-refractivity contribution in [1.29, 1.82) is 0 Å². The average Bonchev–Trinajstić information content (AvgIpc) is 2.73. The SMILES string of the molecule is COc1cc(CCc2ccc(Nc3ccccc3)cc2)cc(OC)c1OC. The fourth-order valence-corrected chi connectivity index (χ4v) is 3.01. The van der Waals surface area contributed by atoms with Gasteiger partial charge in [-0.15, -0.1) is 0 Å². The predicted molar refractivity (Wildman–Crippen MR) is 110 cm³/mol. The maximum absolute atomic E-state index is 5.43. The van der Waals surface area contributed by atoms with Crippen molar-refractivity contribution < 1.29 is 14.2 Å². The highest BCUT2D eigenvalue weighted by Gasteiger charge is 2.13. The lowest BCUT2D eigenvalue weighted by Crippen LogP contribution is -1.98. The van der Waals surface area contributed by atoms with E-state index in [-0.39, 0.29) is 0 Å². The van der Waals surface area contributed by atoms with Gasteiger partial charge in [0.2, 0.25) is 5.75 Å². The second-order valence-corrected chi connectivity index (χ2v) is 6.22. The Kier molecular flexibility index (Phi) is 6.21. The molecule has 0 saturated carbocycles. The van der Waals surface area contributed by atoms with Crippen LogP contribution in [-0.2, 0) is 12.8 Å². The summed E-state index contributed by atoms with van der Waals surface area (Å²) in [5, 5.41) is 3.40. The lowest BCUT2D eigenvalue weighted by molar-refractivity contribution is 0.324. The fraction of sp³-hybridized carbons (Fsp3) is 0.217. The van der Waals surface area contributed by atoms with Gasteiger partial charge in [0.25, 0.3) is 0 Å². The molecule has 0 aliphatic heterocycles. The van der Waals surface area contributed by atoms with Crippen molar-refractivity contribution in [3.05, 3.63) is 77.9 Å². The van der Waals surface area contributed by atoms with Gasteiger partial charge in [0.15, 0.2) is 11.5 Å². The summed E-state index contributed by atoms with van der Waals surface area (Å²) in [6.45, 7) is 0. The Balaban J connectivity index is 1.66. The molecule has 27 heavy (non-hydrogen) atoms. The molecule has 0 aliphatic rings. The summed E-state index contributed by atoms with van der Waals surface area (Å²) in [6.07, 6.45) is 1.83. The lowest BCUT2D eigenvalue weighted by atomic mass is 10.0. The minimum absolute atomic E-state index is 0.625. The van der Waals surface area contributed by atoms with E-state index in [1.165, 1.54) is 5.56 Å². The van der Waals surface area contributed by atoms with Crippen LogP contribution in [0.15, 0.2) is 66.7 Å². The van der Waals surface area contributed by atoms with Crippen LogP contribution >= 0.6 is 0 Å². The number of anilines is 2. The second kappa shape index (κ2) is 8.99. The van der Waals surface area contributed by atoms with Gasteiger partial charge in [-0.25, -0.2) is 0 Å². The minimum Gasteiger partial charge on any atom is -0.493 e. The Morgan fingerprint density at radius 2 is 1.19 bits per heavy atom. The monoisotopic (exact) mass is 363 g/mol. The molecule has 0 aromatic heterocycles. The van der Waals surface area contributed by atoms with E-state index in [1.54, 1.807) is 21.3 Å². The second-order valence-electron chi connectivity index (χ2n) is 6.22. The molecule has 0 bridgehead atoms. The smallest absolute Gasteiger partial charge is 0.203 e. The van der Waals surface area contributed by atoms with Crippen LogP contribution in [0, 0.1) is 0 Å². The zero-order valence-corrected chi connectivity index (χ0v) is 16.0. The van der Waals surface area contributed by atoms with Crippen LogP contribution in [0.3, 0.4) is 0 Å². The van der Waals surface area contributed by atoms with Gasteiger partial charge in [0.1, 0.15) is 0 Å². The average molecular weight is 363 g/mol. The fourth-order valence-electron chi connectivity index (χ4n) is 3.01. The van der Waals surface area contributed by atoms with Crippen molar-refractivity contribution in [3.63, 3.8) is 0 Å². The first-order chi connectivity index (χ1) is 13.2. The van der Waals surface area contributed by atoms with Crippen molar-refractivity contribution in [2.45, 2.75) is 12.8 Å². The number of benzene rings is 3. The standard InChI is InChI=1S/C23H25NO3/c1-25-21-15-18(16-22(26-2)23(21)27-3)10-9-17-11-13-20(14-12-17)24-19-7-5-4-6-8-19/h4-8,11-16,24H,9-10H2,1-3H3. The number of nitrogens with one attached hydrogen (secondary N) is 1. The number of rotatable bonds is 8. The van der Waals surface area contributed by atoms with Crippen LogP contribution in [0.25, 0.3) is 0 Å². The normalized spacial score (nSPS) is 10.3. The number of hydrogen-bond donors (Lipinski definition) is 1. The summed E-state index contributed by atoms with van der Waals surface area (Å²) in [4.78, 5) is 0. The third-order valence-electron chi connectivity index (χ3n) is 4.44. The number of para-hydroxylation sites is 1. The van der Waals surface area contributed by atoms with Gasteiger partial charge in [-0.2, -0.15) is 0 Å². The zero-order chi connectivity index (χ0) is 19.1. The summed E-state index contributed by atoms with van der Waals surface area (Å²) in [5.74, 6) is 2.00. The molecule has 0 unspecified atom stereocenters. The molecule has 3 rings (SSSR count). The zero-order valence-electron chi connectivity index (χ0n) is 16.0. The lowest BCUT2D eigenvalue weighted by Gasteiger charge is -2.14. The third-order valence-corrected chi connectivity index (χ3v) is 4.44. The Morgan fingerprint density at radius 1 is 0.630 bits per heavy atom. The van der Waals surface area contributed by atoms with Crippen molar-refractivity contribution in [2.24, 2.45) is 0 Å². The largest absolute Gasteiger partial charge is 0.493 e. The molecular formula is C23H25NO3. The Labute approximate surface area is 160 Å². The van der Waals surface area contributed by atoms with Crippen LogP contribution in [0.1, 0.15) is 11.1 Å². The highest BCUT2D eigenvalue weighted by molar-refractivity contribution is 5.59. The first kappa shape index (κ1) is 18.6. The van der Waals surface area contributed by atoms with Crippen LogP contribution in [-0.4, -0.2) is 21.3 Å². The molecule has 0 amide bonds. The summed E-state index contributed by atoms with van der Waals surface area (Å²) >= 11 is 0. The molecule has 4 heteroatoms. The van der Waals surface area contributed by atoms with E-state index in [4.69, 9.17) is 14.2 Å². The van der Waals surface area contributed by atoms with E-state index in [2.05, 4.69) is 41.7 Å². The first-order valence-electron chi connectivity index (χ1n) is 8.93. The first-order valence-corrected chi connectivity index (χ1v) is 8.93. The number of aryl methyl sites for hydroxylation is 2. The molecule has 0 atom stereocenters. The molecule has 0 heterocycles. The number of methoxy groups -OCH3 is 3. The van der Waals surface area contributed by atoms with Gasteiger partial charge >= 0.3 is 0 Å². The van der Waals surface area contributed by atoms with Gasteiger partial charge < -0.3 is 19.5 Å². The molecule has 0 fully saturated rings. The van der Waals surface area contributed by atoms with Gasteiger partial charge in [-0.3, -0.25) is 0 Å². The van der Waals surface area contributed by atoms with Crippen molar-refractivity contribution in [1.82, 2.24) is 0 Å².